The van der Waals surface area contributed by atoms with Crippen LogP contribution in [0.3, 0.4) is 0 Å². The molecular formula is C18H34O2S. The number of unbranched alkanes of at least 4 members (excludes halogenated alkanes) is 9. The Morgan fingerprint density at radius 3 is 1.86 bits per heavy atom. The zero-order chi connectivity index (χ0) is 15.3. The number of rotatable bonds is 13. The van der Waals surface area contributed by atoms with Gasteiger partial charge >= 0.3 is 5.97 Å². The third kappa shape index (κ3) is 10.2. The van der Waals surface area contributed by atoms with Gasteiger partial charge in [-0.1, -0.05) is 64.2 Å². The van der Waals surface area contributed by atoms with E-state index in [4.69, 9.17) is 5.11 Å². The van der Waals surface area contributed by atoms with E-state index >= 15 is 0 Å². The summed E-state index contributed by atoms with van der Waals surface area (Å²) in [5.74, 6) is 0.246. The molecule has 0 aromatic heterocycles. The number of carboxylic acids is 1. The number of thiol groups is 1. The summed E-state index contributed by atoms with van der Waals surface area (Å²) in [5, 5.41) is 9.22. The van der Waals surface area contributed by atoms with E-state index in [0.717, 1.165) is 18.8 Å². The fourth-order valence-corrected chi connectivity index (χ4v) is 3.93. The average Bonchev–Trinajstić information content (AvgIpc) is 2.85. The average molecular weight is 315 g/mol. The molecule has 124 valence electrons. The van der Waals surface area contributed by atoms with Crippen molar-refractivity contribution >= 4 is 18.6 Å². The minimum atomic E-state index is -0.656. The van der Waals surface area contributed by atoms with Gasteiger partial charge in [0.2, 0.25) is 0 Å². The largest absolute Gasteiger partial charge is 0.481 e. The number of carbonyl (C=O) groups is 1. The molecule has 0 saturated heterocycles. The highest BCUT2D eigenvalue weighted by molar-refractivity contribution is 7.81. The lowest BCUT2D eigenvalue weighted by Crippen LogP contribution is -2.06. The molecule has 1 saturated carbocycles. The van der Waals surface area contributed by atoms with Crippen molar-refractivity contribution in [2.45, 2.75) is 102 Å². The van der Waals surface area contributed by atoms with E-state index in [2.05, 4.69) is 12.6 Å². The SMILES string of the molecule is O=C(O)CCCCCCCCCCCCC1CCCC1S. The normalized spacial score (nSPS) is 21.8. The molecule has 1 N–H and O–H groups in total. The minimum Gasteiger partial charge on any atom is -0.481 e. The predicted octanol–water partition coefficient (Wildman–Crippen LogP) is 5.85. The van der Waals surface area contributed by atoms with Gasteiger partial charge in [0.1, 0.15) is 0 Å². The summed E-state index contributed by atoms with van der Waals surface area (Å²) >= 11 is 4.67. The van der Waals surface area contributed by atoms with Gasteiger partial charge in [-0.05, 0) is 31.6 Å². The van der Waals surface area contributed by atoms with Gasteiger partial charge in [0.15, 0.2) is 0 Å². The third-order valence-corrected chi connectivity index (χ3v) is 5.51. The zero-order valence-electron chi connectivity index (χ0n) is 13.6. The molecule has 0 bridgehead atoms. The number of hydrogen-bond acceptors (Lipinski definition) is 2. The molecule has 2 atom stereocenters. The molecule has 0 aromatic rings. The Morgan fingerprint density at radius 2 is 1.38 bits per heavy atom. The van der Waals surface area contributed by atoms with Crippen LogP contribution < -0.4 is 0 Å². The molecule has 0 spiro atoms. The third-order valence-electron chi connectivity index (χ3n) is 4.83. The topological polar surface area (TPSA) is 37.3 Å². The first kappa shape index (κ1) is 18.9. The molecule has 3 heteroatoms. The van der Waals surface area contributed by atoms with Crippen LogP contribution in [-0.4, -0.2) is 16.3 Å². The fraction of sp³-hybridized carbons (Fsp3) is 0.944. The summed E-state index contributed by atoms with van der Waals surface area (Å²) in [4.78, 5) is 10.4. The molecule has 0 radical (unpaired) electrons. The molecule has 2 unspecified atom stereocenters. The van der Waals surface area contributed by atoms with Crippen molar-refractivity contribution in [1.82, 2.24) is 0 Å². The Bertz CT molecular complexity index is 268. The van der Waals surface area contributed by atoms with E-state index in [0.29, 0.717) is 11.7 Å². The molecule has 0 aliphatic heterocycles. The first-order chi connectivity index (χ1) is 10.2. The Labute approximate surface area is 136 Å². The molecule has 1 aliphatic rings. The molecule has 0 heterocycles. The van der Waals surface area contributed by atoms with Gasteiger partial charge in [-0.25, -0.2) is 0 Å². The van der Waals surface area contributed by atoms with E-state index in [1.54, 1.807) is 0 Å². The first-order valence-electron chi connectivity index (χ1n) is 9.10. The van der Waals surface area contributed by atoms with E-state index < -0.39 is 5.97 Å². The van der Waals surface area contributed by atoms with Crippen LogP contribution in [0.4, 0.5) is 0 Å². The van der Waals surface area contributed by atoms with Crippen LogP contribution in [0.5, 0.6) is 0 Å². The summed E-state index contributed by atoms with van der Waals surface area (Å²) in [5.41, 5.74) is 0. The first-order valence-corrected chi connectivity index (χ1v) is 9.61. The van der Waals surface area contributed by atoms with Crippen LogP contribution in [0, 0.1) is 5.92 Å². The van der Waals surface area contributed by atoms with E-state index in [-0.39, 0.29) is 0 Å². The summed E-state index contributed by atoms with van der Waals surface area (Å²) < 4.78 is 0. The van der Waals surface area contributed by atoms with Crippen LogP contribution in [0.25, 0.3) is 0 Å². The molecule has 0 amide bonds. The predicted molar refractivity (Wildman–Crippen MR) is 93.2 cm³/mol. The fourth-order valence-electron chi connectivity index (χ4n) is 3.45. The van der Waals surface area contributed by atoms with Gasteiger partial charge in [-0.3, -0.25) is 4.79 Å². The van der Waals surface area contributed by atoms with Gasteiger partial charge in [0, 0.05) is 11.7 Å². The van der Waals surface area contributed by atoms with Gasteiger partial charge in [-0.15, -0.1) is 0 Å². The molecule has 1 fully saturated rings. The second-order valence-corrected chi connectivity index (χ2v) is 7.39. The molecule has 0 aromatic carbocycles. The Balaban J connectivity index is 1.73. The maximum Gasteiger partial charge on any atom is 0.303 e. The standard InChI is InChI=1S/C18H34O2S/c19-18(20)15-10-8-6-4-2-1-3-5-7-9-12-16-13-11-14-17(16)21/h16-17,21H,1-15H2,(H,19,20). The van der Waals surface area contributed by atoms with Gasteiger partial charge in [0.25, 0.3) is 0 Å². The van der Waals surface area contributed by atoms with Crippen LogP contribution in [0.2, 0.25) is 0 Å². The minimum absolute atomic E-state index is 0.341. The molecule has 1 aliphatic carbocycles. The van der Waals surface area contributed by atoms with Crippen LogP contribution in [-0.2, 0) is 4.79 Å². The van der Waals surface area contributed by atoms with Crippen molar-refractivity contribution in [2.24, 2.45) is 5.92 Å². The molecule has 2 nitrogen and oxygen atoms in total. The second-order valence-electron chi connectivity index (χ2n) is 6.73. The molecular weight excluding hydrogens is 280 g/mol. The molecule has 21 heavy (non-hydrogen) atoms. The van der Waals surface area contributed by atoms with Gasteiger partial charge < -0.3 is 5.11 Å². The number of hydrogen-bond donors (Lipinski definition) is 2. The highest BCUT2D eigenvalue weighted by Crippen LogP contribution is 2.33. The monoisotopic (exact) mass is 314 g/mol. The number of aliphatic carboxylic acids is 1. The smallest absolute Gasteiger partial charge is 0.303 e. The summed E-state index contributed by atoms with van der Waals surface area (Å²) in [7, 11) is 0. The lowest BCUT2D eigenvalue weighted by molar-refractivity contribution is -0.137. The van der Waals surface area contributed by atoms with Crippen LogP contribution in [0.15, 0.2) is 0 Å². The van der Waals surface area contributed by atoms with Gasteiger partial charge in [-0.2, -0.15) is 12.6 Å². The Hall–Kier alpha value is -0.180. The van der Waals surface area contributed by atoms with Crippen molar-refractivity contribution in [2.75, 3.05) is 0 Å². The highest BCUT2D eigenvalue weighted by Gasteiger charge is 2.23. The van der Waals surface area contributed by atoms with E-state index in [9.17, 15) is 4.79 Å². The molecule has 1 rings (SSSR count). The zero-order valence-corrected chi connectivity index (χ0v) is 14.5. The van der Waals surface area contributed by atoms with Crippen molar-refractivity contribution in [3.05, 3.63) is 0 Å². The Morgan fingerprint density at radius 1 is 0.857 bits per heavy atom. The summed E-state index contributed by atoms with van der Waals surface area (Å²) in [6.45, 7) is 0. The van der Waals surface area contributed by atoms with E-state index in [1.165, 1.54) is 77.0 Å². The summed E-state index contributed by atoms with van der Waals surface area (Å²) in [6, 6.07) is 0. The summed E-state index contributed by atoms with van der Waals surface area (Å²) in [6.07, 6.45) is 18.6. The van der Waals surface area contributed by atoms with Crippen molar-refractivity contribution < 1.29 is 9.90 Å². The van der Waals surface area contributed by atoms with Crippen LogP contribution >= 0.6 is 12.6 Å². The Kier molecular flexibility index (Phi) is 11.1. The van der Waals surface area contributed by atoms with Crippen molar-refractivity contribution in [1.29, 1.82) is 0 Å². The van der Waals surface area contributed by atoms with Crippen molar-refractivity contribution in [3.8, 4) is 0 Å². The lowest BCUT2D eigenvalue weighted by Gasteiger charge is -2.13. The van der Waals surface area contributed by atoms with Crippen molar-refractivity contribution in [3.63, 3.8) is 0 Å². The quantitative estimate of drug-likeness (QED) is 0.330. The number of carboxylic acid groups (broad SMARTS) is 1. The highest BCUT2D eigenvalue weighted by atomic mass is 32.1. The maximum atomic E-state index is 10.4. The lowest BCUT2D eigenvalue weighted by atomic mass is 9.98. The van der Waals surface area contributed by atoms with Gasteiger partial charge in [0.05, 0.1) is 0 Å². The maximum absolute atomic E-state index is 10.4. The van der Waals surface area contributed by atoms with Crippen LogP contribution in [0.1, 0.15) is 96.3 Å². The second kappa shape index (κ2) is 12.4. The van der Waals surface area contributed by atoms with E-state index in [1.807, 2.05) is 0 Å².